The molecule has 0 bridgehead atoms. The predicted octanol–water partition coefficient (Wildman–Crippen LogP) is 2.14. The van der Waals surface area contributed by atoms with Crippen LogP contribution in [-0.2, 0) is 10.2 Å². The summed E-state index contributed by atoms with van der Waals surface area (Å²) < 4.78 is 32.5. The summed E-state index contributed by atoms with van der Waals surface area (Å²) in [5.41, 5.74) is 1.87. The van der Waals surface area contributed by atoms with Crippen molar-refractivity contribution in [3.63, 3.8) is 0 Å². The molecule has 0 aliphatic heterocycles. The fourth-order valence-electron chi connectivity index (χ4n) is 2.02. The molecule has 24 heavy (non-hydrogen) atoms. The lowest BCUT2D eigenvalue weighted by molar-refractivity contribution is 0.319. The number of rotatable bonds is 6. The van der Waals surface area contributed by atoms with Crippen molar-refractivity contribution in [1.29, 1.82) is 0 Å². The lowest BCUT2D eigenvalue weighted by atomic mass is 10.0. The molecule has 0 aliphatic carbocycles. The molecule has 0 unspecified atom stereocenters. The number of anilines is 1. The van der Waals surface area contributed by atoms with Crippen LogP contribution in [0.3, 0.4) is 0 Å². The molecule has 2 N–H and O–H groups in total. The number of oxime groups is 1. The molecule has 0 saturated carbocycles. The molecule has 2 aromatic rings. The summed E-state index contributed by atoms with van der Waals surface area (Å²) in [6.07, 6.45) is 0. The molecule has 0 radical (unpaired) electrons. The van der Waals surface area contributed by atoms with Gasteiger partial charge in [-0.2, -0.15) is 12.7 Å². The number of methoxy groups -OCH3 is 1. The molecule has 8 heteroatoms. The zero-order chi connectivity index (χ0) is 17.7. The van der Waals surface area contributed by atoms with Crippen LogP contribution in [0.1, 0.15) is 11.1 Å². The first-order valence-electron chi connectivity index (χ1n) is 7.04. The Morgan fingerprint density at radius 1 is 1.12 bits per heavy atom. The van der Waals surface area contributed by atoms with Crippen LogP contribution >= 0.6 is 0 Å². The molecular formula is C16H19N3O4S. The van der Waals surface area contributed by atoms with E-state index in [1.165, 1.54) is 14.1 Å². The second-order valence-corrected chi connectivity index (χ2v) is 7.04. The van der Waals surface area contributed by atoms with Crippen LogP contribution in [0.25, 0.3) is 0 Å². The van der Waals surface area contributed by atoms with Gasteiger partial charge in [-0.1, -0.05) is 29.4 Å². The smallest absolute Gasteiger partial charge is 0.301 e. The maximum absolute atomic E-state index is 11.9. The summed E-state index contributed by atoms with van der Waals surface area (Å²) in [6, 6.07) is 13.7. The maximum Gasteiger partial charge on any atom is 0.301 e. The minimum Gasteiger partial charge on any atom is -0.497 e. The van der Waals surface area contributed by atoms with Crippen molar-refractivity contribution in [2.24, 2.45) is 5.16 Å². The molecule has 0 spiro atoms. The minimum absolute atomic E-state index is 0.305. The molecule has 0 aliphatic rings. The average Bonchev–Trinajstić information content (AvgIpc) is 2.55. The molecule has 2 aromatic carbocycles. The Hall–Kier alpha value is -2.58. The van der Waals surface area contributed by atoms with Crippen molar-refractivity contribution in [3.8, 4) is 5.75 Å². The Balaban J connectivity index is 2.39. The summed E-state index contributed by atoms with van der Waals surface area (Å²) in [5.74, 6) is 0.623. The van der Waals surface area contributed by atoms with Gasteiger partial charge in [0.1, 0.15) is 11.5 Å². The molecule has 0 atom stereocenters. The first kappa shape index (κ1) is 17.8. The largest absolute Gasteiger partial charge is 0.497 e. The zero-order valence-electron chi connectivity index (χ0n) is 13.6. The molecule has 0 saturated heterocycles. The van der Waals surface area contributed by atoms with E-state index in [1.54, 1.807) is 55.6 Å². The van der Waals surface area contributed by atoms with Crippen molar-refractivity contribution in [2.45, 2.75) is 0 Å². The van der Waals surface area contributed by atoms with Crippen LogP contribution in [0.4, 0.5) is 5.69 Å². The van der Waals surface area contributed by atoms with Gasteiger partial charge in [-0.3, -0.25) is 4.72 Å². The zero-order valence-corrected chi connectivity index (χ0v) is 14.4. The van der Waals surface area contributed by atoms with E-state index < -0.39 is 10.2 Å². The van der Waals surface area contributed by atoms with Gasteiger partial charge in [0.2, 0.25) is 0 Å². The van der Waals surface area contributed by atoms with E-state index in [1.807, 2.05) is 0 Å². The monoisotopic (exact) mass is 349 g/mol. The summed E-state index contributed by atoms with van der Waals surface area (Å²) in [6.45, 7) is 0. The van der Waals surface area contributed by atoms with Gasteiger partial charge >= 0.3 is 10.2 Å². The van der Waals surface area contributed by atoms with Gasteiger partial charge in [-0.25, -0.2) is 0 Å². The first-order chi connectivity index (χ1) is 11.4. The molecule has 0 aromatic heterocycles. The highest BCUT2D eigenvalue weighted by atomic mass is 32.2. The SMILES string of the molecule is COc1cccc(C(=NO)c2cccc(NS(=O)(=O)N(C)C)c2)c1. The van der Waals surface area contributed by atoms with E-state index in [4.69, 9.17) is 4.74 Å². The van der Waals surface area contributed by atoms with Gasteiger partial charge in [0.05, 0.1) is 12.8 Å². The molecule has 0 amide bonds. The Morgan fingerprint density at radius 3 is 2.33 bits per heavy atom. The van der Waals surface area contributed by atoms with Gasteiger partial charge in [0, 0.05) is 25.2 Å². The van der Waals surface area contributed by atoms with Crippen LogP contribution in [-0.4, -0.2) is 44.8 Å². The van der Waals surface area contributed by atoms with Gasteiger partial charge in [0.25, 0.3) is 0 Å². The molecular weight excluding hydrogens is 330 g/mol. The number of hydrogen-bond donors (Lipinski definition) is 2. The second-order valence-electron chi connectivity index (χ2n) is 5.15. The van der Waals surface area contributed by atoms with Crippen LogP contribution in [0, 0.1) is 0 Å². The Bertz CT molecular complexity index is 848. The fourth-order valence-corrected chi connectivity index (χ4v) is 2.63. The van der Waals surface area contributed by atoms with E-state index in [2.05, 4.69) is 9.88 Å². The highest BCUT2D eigenvalue weighted by Gasteiger charge is 2.15. The lowest BCUT2D eigenvalue weighted by Crippen LogP contribution is -2.29. The number of ether oxygens (including phenoxy) is 1. The Kier molecular flexibility index (Phi) is 5.42. The van der Waals surface area contributed by atoms with Crippen molar-refractivity contribution >= 4 is 21.6 Å². The van der Waals surface area contributed by atoms with Crippen molar-refractivity contribution < 1.29 is 18.4 Å². The van der Waals surface area contributed by atoms with E-state index >= 15 is 0 Å². The molecule has 2 rings (SSSR count). The van der Waals surface area contributed by atoms with E-state index in [-0.39, 0.29) is 0 Å². The van der Waals surface area contributed by atoms with Crippen LogP contribution in [0.15, 0.2) is 53.7 Å². The van der Waals surface area contributed by atoms with Crippen LogP contribution in [0.5, 0.6) is 5.75 Å². The number of hydrogen-bond acceptors (Lipinski definition) is 5. The number of nitrogens with one attached hydrogen (secondary N) is 1. The topological polar surface area (TPSA) is 91.2 Å². The Labute approximate surface area is 141 Å². The molecule has 0 heterocycles. The standard InChI is InChI=1S/C16H19N3O4S/c1-19(2)24(21,22)18-14-8-4-6-12(10-14)16(17-20)13-7-5-9-15(11-13)23-3/h4-11,18,20H,1-3H3. The molecule has 128 valence electrons. The van der Waals surface area contributed by atoms with Crippen LogP contribution < -0.4 is 9.46 Å². The van der Waals surface area contributed by atoms with Gasteiger partial charge in [-0.05, 0) is 24.3 Å². The maximum atomic E-state index is 11.9. The Morgan fingerprint density at radius 2 is 1.75 bits per heavy atom. The third kappa shape index (κ3) is 4.03. The highest BCUT2D eigenvalue weighted by Crippen LogP contribution is 2.20. The van der Waals surface area contributed by atoms with Gasteiger partial charge < -0.3 is 9.94 Å². The van der Waals surface area contributed by atoms with Crippen molar-refractivity contribution in [2.75, 3.05) is 25.9 Å². The summed E-state index contributed by atoms with van der Waals surface area (Å²) in [4.78, 5) is 0. The normalized spacial score (nSPS) is 12.2. The summed E-state index contributed by atoms with van der Waals surface area (Å²) >= 11 is 0. The van der Waals surface area contributed by atoms with Crippen LogP contribution in [0.2, 0.25) is 0 Å². The number of benzene rings is 2. The minimum atomic E-state index is -3.61. The van der Waals surface area contributed by atoms with E-state index in [0.717, 1.165) is 4.31 Å². The highest BCUT2D eigenvalue weighted by molar-refractivity contribution is 7.90. The predicted molar refractivity (Wildman–Crippen MR) is 93.1 cm³/mol. The summed E-state index contributed by atoms with van der Waals surface area (Å²) in [5, 5.41) is 12.8. The third-order valence-electron chi connectivity index (χ3n) is 3.31. The molecule has 0 fully saturated rings. The van der Waals surface area contributed by atoms with Gasteiger partial charge in [0.15, 0.2) is 0 Å². The quantitative estimate of drug-likeness (QED) is 0.475. The fraction of sp³-hybridized carbons (Fsp3) is 0.188. The number of nitrogens with zero attached hydrogens (tertiary/aromatic N) is 2. The van der Waals surface area contributed by atoms with Crippen molar-refractivity contribution in [1.82, 2.24) is 4.31 Å². The lowest BCUT2D eigenvalue weighted by Gasteiger charge is -2.14. The van der Waals surface area contributed by atoms with Crippen molar-refractivity contribution in [3.05, 3.63) is 59.7 Å². The van der Waals surface area contributed by atoms with E-state index in [9.17, 15) is 13.6 Å². The van der Waals surface area contributed by atoms with Gasteiger partial charge in [-0.15, -0.1) is 0 Å². The average molecular weight is 349 g/mol. The second kappa shape index (κ2) is 7.33. The summed E-state index contributed by atoms with van der Waals surface area (Å²) in [7, 11) is 0.800. The first-order valence-corrected chi connectivity index (χ1v) is 8.48. The van der Waals surface area contributed by atoms with E-state index in [0.29, 0.717) is 28.3 Å². The molecule has 7 nitrogen and oxygen atoms in total. The third-order valence-corrected chi connectivity index (χ3v) is 4.76.